The molecule has 109 heavy (non-hydrogen) atoms. The number of aromatic nitrogens is 9. The quantitative estimate of drug-likeness (QED) is 0.0256. The molecule has 7 saturated carbocycles. The van der Waals surface area contributed by atoms with Gasteiger partial charge in [-0.3, -0.25) is 28.4 Å². The lowest BCUT2D eigenvalue weighted by atomic mass is 9.80. The number of aliphatic hydroxyl groups is 3. The van der Waals surface area contributed by atoms with E-state index in [1.807, 2.05) is 82.9 Å². The third-order valence-electron chi connectivity index (χ3n) is 22.5. The van der Waals surface area contributed by atoms with E-state index in [-0.39, 0.29) is 66.3 Å². The van der Waals surface area contributed by atoms with Gasteiger partial charge in [0, 0.05) is 108 Å². The maximum atomic E-state index is 13.2. The number of benzene rings is 3. The van der Waals surface area contributed by atoms with Crippen LogP contribution in [0.4, 0.5) is 17.1 Å². The maximum absolute atomic E-state index is 13.2. The molecule has 6 heterocycles. The SMILES string of the molecule is CC(C)c1cccc(C(=O)Nc2cc3cn(C4CCC(O)(CC#N)CC4)nc3cc2OCC2CC2)[n+]1[O-].Cc1cccc(C(=O)Nc2cc3cn(C4CCC(O)(CC#N)CC4)nc3cc2OCC2CC2)[n+]1[O-].N#CCC1(O)CCC(n2cc3cc(NC(=O)c4cccc(C5CC5)[n+]4[O-])c(OCC4CC4)cc3n2)CC1. The molecule has 0 atom stereocenters. The molecule has 0 saturated heterocycles. The first-order valence-electron chi connectivity index (χ1n) is 38.4. The predicted molar refractivity (Wildman–Crippen MR) is 403 cm³/mol. The molecule has 6 aromatic heterocycles. The Bertz CT molecular complexity index is 4800. The van der Waals surface area contributed by atoms with Crippen molar-refractivity contribution in [3.05, 3.63) is 159 Å². The number of hydrogen-bond acceptors (Lipinski definition) is 18. The van der Waals surface area contributed by atoms with Crippen LogP contribution in [0.25, 0.3) is 32.7 Å². The van der Waals surface area contributed by atoms with Gasteiger partial charge in [0.05, 0.1) is 126 Å². The second kappa shape index (κ2) is 31.7. The standard InChI is InChI=1S/C28H31N5O4.C28H33N5O4.C26H29N5O4/c29-13-12-28(35)10-8-21(9-11-28)32-16-20-14-23(26(15-22(20)31-32)37-17-18-4-5-18)30-27(34)25-3-1-2-24(33(25)36)19-6-7-19;1-18(2)24-4-3-5-25(33(24)36)27(34)30-23-14-20-16-32(21-8-10-28(35,11-9-21)12-13-29)31-22(20)15-26(23)37-17-19-6-7-19;1-17-3-2-4-23(31(17)34)25(32)28-22-13-19-15-30(20-7-9-26(33,10-8-20)11-12-27)29-21(19)14-24(22)35-16-18-5-6-18/h1-3,14-16,18-19,21,35H,4-12,17H2,(H,30,34);3-5,14-16,18-19,21,35H,6-12,17H2,1-2H3,(H,30,34);2-4,13-15,18,20,33H,5-11,16H2,1H3,(H,28,32). The summed E-state index contributed by atoms with van der Waals surface area (Å²) in [5.41, 5.74) is 2.77. The zero-order valence-electron chi connectivity index (χ0n) is 61.8. The van der Waals surface area contributed by atoms with Crippen molar-refractivity contribution < 1.29 is 58.1 Å². The second-order valence-electron chi connectivity index (χ2n) is 31.6. The Morgan fingerprint density at radius 1 is 0.486 bits per heavy atom. The number of rotatable bonds is 23. The van der Waals surface area contributed by atoms with Gasteiger partial charge in [-0.15, -0.1) is 0 Å². The molecule has 0 bridgehead atoms. The number of carbonyl (C=O) groups excluding carboxylic acids is 3. The molecule has 7 aliphatic carbocycles. The van der Waals surface area contributed by atoms with Crippen molar-refractivity contribution >= 4 is 67.5 Å². The van der Waals surface area contributed by atoms with Crippen molar-refractivity contribution in [3.8, 4) is 35.5 Å². The number of amides is 3. The fourth-order valence-corrected chi connectivity index (χ4v) is 14.9. The highest BCUT2D eigenvalue weighted by atomic mass is 16.5. The third-order valence-corrected chi connectivity index (χ3v) is 22.5. The Labute approximate surface area is 631 Å². The molecule has 7 fully saturated rings. The van der Waals surface area contributed by atoms with E-state index in [2.05, 4.69) is 34.2 Å². The normalized spacial score (nSPS) is 22.4. The number of fused-ring (bicyclic) bond motifs is 3. The van der Waals surface area contributed by atoms with Crippen LogP contribution in [0.3, 0.4) is 0 Å². The molecular weight excluding hydrogens is 1390 g/mol. The minimum Gasteiger partial charge on any atom is -0.618 e. The number of carbonyl (C=O) groups is 3. The summed E-state index contributed by atoms with van der Waals surface area (Å²) in [5, 5.41) is 122. The monoisotopic (exact) mass is 1480 g/mol. The average Bonchev–Trinajstić information content (AvgIpc) is 1.67. The van der Waals surface area contributed by atoms with E-state index in [0.717, 1.165) is 127 Å². The third kappa shape index (κ3) is 17.8. The Morgan fingerprint density at radius 3 is 1.15 bits per heavy atom. The van der Waals surface area contributed by atoms with Gasteiger partial charge in [-0.2, -0.15) is 45.3 Å². The van der Waals surface area contributed by atoms with Crippen molar-refractivity contribution in [2.24, 2.45) is 17.8 Å². The van der Waals surface area contributed by atoms with E-state index >= 15 is 0 Å². The zero-order valence-corrected chi connectivity index (χ0v) is 61.8. The van der Waals surface area contributed by atoms with Crippen molar-refractivity contribution in [1.82, 2.24) is 29.3 Å². The van der Waals surface area contributed by atoms with E-state index in [0.29, 0.717) is 137 Å². The number of hydrogen-bond donors (Lipinski definition) is 6. The minimum absolute atomic E-state index is 0.0134. The van der Waals surface area contributed by atoms with Gasteiger partial charge in [0.1, 0.15) is 17.2 Å². The molecule has 27 nitrogen and oxygen atoms in total. The predicted octanol–water partition coefficient (Wildman–Crippen LogP) is 12.7. The molecule has 568 valence electrons. The number of nitriles is 3. The number of pyridine rings is 3. The highest BCUT2D eigenvalue weighted by Crippen LogP contribution is 2.44. The van der Waals surface area contributed by atoms with Gasteiger partial charge in [0.25, 0.3) is 17.1 Å². The maximum Gasteiger partial charge on any atom is 0.321 e. The first-order chi connectivity index (χ1) is 52.5. The summed E-state index contributed by atoms with van der Waals surface area (Å²) in [4.78, 5) is 39.3. The highest BCUT2D eigenvalue weighted by molar-refractivity contribution is 6.06. The smallest absolute Gasteiger partial charge is 0.321 e. The van der Waals surface area contributed by atoms with Crippen LogP contribution in [-0.4, -0.2) is 99.0 Å². The molecule has 0 unspecified atom stereocenters. The number of ether oxygens (including phenoxy) is 3. The Morgan fingerprint density at radius 2 is 0.817 bits per heavy atom. The molecular formula is C82H93N15O12. The lowest BCUT2D eigenvalue weighted by Crippen LogP contribution is -2.41. The van der Waals surface area contributed by atoms with Gasteiger partial charge < -0.3 is 61.1 Å². The zero-order chi connectivity index (χ0) is 76.3. The van der Waals surface area contributed by atoms with E-state index in [1.165, 1.54) is 12.1 Å². The summed E-state index contributed by atoms with van der Waals surface area (Å²) in [7, 11) is 0. The molecule has 6 N–H and O–H groups in total. The molecule has 3 amide bonds. The molecule has 27 heteroatoms. The van der Waals surface area contributed by atoms with Gasteiger partial charge >= 0.3 is 17.7 Å². The average molecular weight is 1480 g/mol. The topological polar surface area (TPSA) is 381 Å². The molecule has 0 spiro atoms. The number of anilines is 3. The molecule has 9 aromatic rings. The highest BCUT2D eigenvalue weighted by Gasteiger charge is 2.39. The summed E-state index contributed by atoms with van der Waals surface area (Å²) in [5.74, 6) is 1.94. The van der Waals surface area contributed by atoms with Crippen LogP contribution in [0.1, 0.15) is 240 Å². The van der Waals surface area contributed by atoms with Crippen molar-refractivity contribution in [2.75, 3.05) is 35.8 Å². The summed E-state index contributed by atoms with van der Waals surface area (Å²) in [6.45, 7) is 7.20. The van der Waals surface area contributed by atoms with Gasteiger partial charge in [-0.1, -0.05) is 13.8 Å². The first kappa shape index (κ1) is 74.9. The van der Waals surface area contributed by atoms with Crippen molar-refractivity contribution in [2.45, 2.75) is 215 Å². The molecule has 3 aromatic carbocycles. The lowest BCUT2D eigenvalue weighted by molar-refractivity contribution is -0.617. The summed E-state index contributed by atoms with van der Waals surface area (Å²) < 4.78 is 26.1. The number of nitrogens with one attached hydrogen (secondary N) is 3. The number of nitrogens with zero attached hydrogens (tertiary/aromatic N) is 12. The minimum atomic E-state index is -0.912. The van der Waals surface area contributed by atoms with E-state index in [1.54, 1.807) is 49.4 Å². The summed E-state index contributed by atoms with van der Waals surface area (Å²) >= 11 is 0. The van der Waals surface area contributed by atoms with Crippen LogP contribution in [-0.2, 0) is 0 Å². The Hall–Kier alpha value is -10.9. The van der Waals surface area contributed by atoms with Crippen molar-refractivity contribution in [1.29, 1.82) is 15.8 Å². The van der Waals surface area contributed by atoms with Gasteiger partial charge in [0.15, 0.2) is 17.1 Å². The van der Waals surface area contributed by atoms with E-state index < -0.39 is 34.5 Å². The van der Waals surface area contributed by atoms with Crippen LogP contribution in [0.15, 0.2) is 110 Å². The van der Waals surface area contributed by atoms with Gasteiger partial charge in [0.2, 0.25) is 0 Å². The van der Waals surface area contributed by atoms with E-state index in [4.69, 9.17) is 45.3 Å². The van der Waals surface area contributed by atoms with Crippen LogP contribution in [0.2, 0.25) is 0 Å². The van der Waals surface area contributed by atoms with Crippen LogP contribution in [0, 0.1) is 74.3 Å². The fourth-order valence-electron chi connectivity index (χ4n) is 14.9. The van der Waals surface area contributed by atoms with Crippen molar-refractivity contribution in [3.63, 3.8) is 0 Å². The summed E-state index contributed by atoms with van der Waals surface area (Å²) in [6.07, 6.45) is 22.8. The second-order valence-corrected chi connectivity index (χ2v) is 31.6. The molecule has 0 aliphatic heterocycles. The Kier molecular flexibility index (Phi) is 21.8. The van der Waals surface area contributed by atoms with Crippen LogP contribution in [0.5, 0.6) is 17.2 Å². The first-order valence-corrected chi connectivity index (χ1v) is 38.4. The summed E-state index contributed by atoms with van der Waals surface area (Å²) in [6, 6.07) is 32.6. The lowest BCUT2D eigenvalue weighted by Gasteiger charge is -2.34. The van der Waals surface area contributed by atoms with Gasteiger partial charge in [-0.25, -0.2) is 0 Å². The molecule has 7 aliphatic rings. The van der Waals surface area contributed by atoms with E-state index in [9.17, 15) is 45.3 Å². The van der Waals surface area contributed by atoms with Gasteiger partial charge in [-0.05, 0) is 183 Å². The number of aryl methyl sites for hydroxylation is 1. The molecule has 0 radical (unpaired) electrons. The van der Waals surface area contributed by atoms with Crippen LogP contribution >= 0.6 is 0 Å². The Balaban J connectivity index is 0.000000137. The molecule has 16 rings (SSSR count). The largest absolute Gasteiger partial charge is 0.618 e. The fraction of sp³-hybridized carbons (Fsp3) is 0.488. The van der Waals surface area contributed by atoms with Crippen LogP contribution < -0.4 is 44.4 Å².